The molecule has 4 heterocycles. The molecule has 5 aromatic rings. The van der Waals surface area contributed by atoms with Crippen LogP contribution in [0.25, 0.3) is 33.4 Å². The number of hydrazine groups is 1. The minimum absolute atomic E-state index is 0.0315. The normalized spacial score (nSPS) is 16.4. The van der Waals surface area contributed by atoms with Gasteiger partial charge in [0.25, 0.3) is 17.4 Å². The monoisotopic (exact) mass is 710 g/mol. The predicted molar refractivity (Wildman–Crippen MR) is 192 cm³/mol. The van der Waals surface area contributed by atoms with E-state index in [1.54, 1.807) is 39.7 Å². The molecule has 0 atom stereocenters. The third kappa shape index (κ3) is 6.01. The van der Waals surface area contributed by atoms with Crippen molar-refractivity contribution in [2.45, 2.75) is 57.5 Å². The minimum atomic E-state index is -1.73. The number of benzene rings is 4. The third-order valence-corrected chi connectivity index (χ3v) is 10.5. The Morgan fingerprint density at radius 2 is 1.06 bits per heavy atom. The van der Waals surface area contributed by atoms with Crippen molar-refractivity contribution >= 4 is 23.4 Å². The molecule has 51 heavy (non-hydrogen) atoms. The number of carbonyl (C=O) groups is 2. The third-order valence-electron chi connectivity index (χ3n) is 10.0. The largest absolute Gasteiger partial charge is 0.493 e. The molecule has 11 heteroatoms. The highest BCUT2D eigenvalue weighted by atomic mass is 35.5. The summed E-state index contributed by atoms with van der Waals surface area (Å²) in [5.41, 5.74) is 6.43. The number of carbonyl (C=O) groups excluding carboxylic acids is 2. The Bertz CT molecular complexity index is 2190. The minimum Gasteiger partial charge on any atom is -0.493 e. The number of aromatic hydroxyl groups is 1. The van der Waals surface area contributed by atoms with Gasteiger partial charge in [-0.25, -0.2) is 23.5 Å². The SMILES string of the molecule is Cc1ccc(-c2ccc(F)cc2)cc1-c1c(O)n2n(c1=O)CCCC2.Cc1ccc(-c2ccc(F)cc2)cc1C1(Cl)C(=O)N2CCCCN2C1=O. The number of aryl methyl sites for hydroxylation is 2. The van der Waals surface area contributed by atoms with Crippen molar-refractivity contribution in [1.82, 2.24) is 19.4 Å². The zero-order chi connectivity index (χ0) is 36.0. The Kier molecular flexibility index (Phi) is 9.05. The van der Waals surface area contributed by atoms with Crippen LogP contribution in [0.3, 0.4) is 0 Å². The van der Waals surface area contributed by atoms with Crippen molar-refractivity contribution in [3.05, 3.63) is 124 Å². The molecule has 262 valence electrons. The first-order valence-corrected chi connectivity index (χ1v) is 17.5. The molecule has 2 fully saturated rings. The summed E-state index contributed by atoms with van der Waals surface area (Å²) in [7, 11) is 0. The average Bonchev–Trinajstić information content (AvgIpc) is 3.51. The first-order chi connectivity index (χ1) is 24.5. The highest BCUT2D eigenvalue weighted by Gasteiger charge is 2.59. The van der Waals surface area contributed by atoms with E-state index in [9.17, 15) is 28.3 Å². The van der Waals surface area contributed by atoms with Gasteiger partial charge < -0.3 is 5.11 Å². The Morgan fingerprint density at radius 1 is 0.608 bits per heavy atom. The van der Waals surface area contributed by atoms with Crippen LogP contribution in [0.4, 0.5) is 8.78 Å². The Hall–Kier alpha value is -5.22. The van der Waals surface area contributed by atoms with Gasteiger partial charge in [0.05, 0.1) is 0 Å². The summed E-state index contributed by atoms with van der Waals surface area (Å²) in [6.45, 7) is 6.05. The molecule has 2 saturated heterocycles. The van der Waals surface area contributed by atoms with Gasteiger partial charge in [0.1, 0.15) is 17.2 Å². The predicted octanol–water partition coefficient (Wildman–Crippen LogP) is 7.55. The van der Waals surface area contributed by atoms with Crippen LogP contribution in [0, 0.1) is 25.5 Å². The molecule has 8 rings (SSSR count). The van der Waals surface area contributed by atoms with Crippen molar-refractivity contribution in [1.29, 1.82) is 0 Å². The van der Waals surface area contributed by atoms with Gasteiger partial charge in [0.2, 0.25) is 10.8 Å². The maximum atomic E-state index is 13.2. The molecule has 0 saturated carbocycles. The molecular formula is C40H37ClF2N4O4. The lowest BCUT2D eigenvalue weighted by atomic mass is 9.90. The van der Waals surface area contributed by atoms with Crippen LogP contribution in [0.5, 0.6) is 5.88 Å². The number of nitrogens with zero attached hydrogens (tertiary/aromatic N) is 4. The molecule has 8 nitrogen and oxygen atoms in total. The Morgan fingerprint density at radius 3 is 1.59 bits per heavy atom. The second kappa shape index (κ2) is 13.5. The van der Waals surface area contributed by atoms with E-state index in [1.165, 1.54) is 34.3 Å². The van der Waals surface area contributed by atoms with Crippen LogP contribution >= 0.6 is 11.6 Å². The van der Waals surface area contributed by atoms with Gasteiger partial charge >= 0.3 is 0 Å². The number of aromatic nitrogens is 2. The van der Waals surface area contributed by atoms with Crippen LogP contribution in [0.15, 0.2) is 89.7 Å². The zero-order valence-electron chi connectivity index (χ0n) is 28.3. The smallest absolute Gasteiger partial charge is 0.278 e. The molecule has 2 amide bonds. The molecular weight excluding hydrogens is 674 g/mol. The van der Waals surface area contributed by atoms with Gasteiger partial charge in [0.15, 0.2) is 0 Å². The fourth-order valence-electron chi connectivity index (χ4n) is 7.18. The number of hydrogen-bond acceptors (Lipinski definition) is 4. The zero-order valence-corrected chi connectivity index (χ0v) is 29.1. The summed E-state index contributed by atoms with van der Waals surface area (Å²) in [6, 6.07) is 23.6. The van der Waals surface area contributed by atoms with Crippen LogP contribution in [-0.2, 0) is 27.6 Å². The van der Waals surface area contributed by atoms with Crippen LogP contribution in [0.2, 0.25) is 0 Å². The van der Waals surface area contributed by atoms with Gasteiger partial charge in [-0.2, -0.15) is 0 Å². The number of alkyl halides is 1. The summed E-state index contributed by atoms with van der Waals surface area (Å²) >= 11 is 6.72. The maximum absolute atomic E-state index is 13.2. The fourth-order valence-corrected chi connectivity index (χ4v) is 7.58. The van der Waals surface area contributed by atoms with E-state index in [-0.39, 0.29) is 34.9 Å². The Balaban J connectivity index is 0.000000159. The van der Waals surface area contributed by atoms with Crippen LogP contribution in [0.1, 0.15) is 42.4 Å². The van der Waals surface area contributed by atoms with Crippen molar-refractivity contribution < 1.29 is 23.5 Å². The number of halogens is 3. The molecule has 3 aliphatic heterocycles. The van der Waals surface area contributed by atoms with Crippen molar-refractivity contribution in [2.75, 3.05) is 13.1 Å². The second-order valence-corrected chi connectivity index (χ2v) is 13.8. The lowest BCUT2D eigenvalue weighted by Gasteiger charge is -2.31. The summed E-state index contributed by atoms with van der Waals surface area (Å²) in [5, 5.41) is 13.6. The van der Waals surface area contributed by atoms with Crippen molar-refractivity contribution in [3.8, 4) is 39.3 Å². The van der Waals surface area contributed by atoms with Crippen molar-refractivity contribution in [2.24, 2.45) is 0 Å². The molecule has 0 radical (unpaired) electrons. The van der Waals surface area contributed by atoms with E-state index in [0.717, 1.165) is 64.6 Å². The van der Waals surface area contributed by atoms with E-state index in [0.29, 0.717) is 37.3 Å². The standard InChI is InChI=1S/C20H18ClFN2O2.C20H19FN2O2/c1-13-4-5-15(14-6-8-16(22)9-7-14)12-17(13)20(21)18(25)23-10-2-3-11-24(23)19(20)26;1-13-4-5-15(14-6-8-16(21)9-7-14)12-17(13)18-19(24)22-10-2-3-11-23(22)20(18)25/h4-9,12H,2-3,10-11H2,1H3;4-9,12,24H,2-3,10-11H2,1H3. The fraction of sp³-hybridized carbons (Fsp3) is 0.275. The number of amides is 2. The number of hydrogen-bond donors (Lipinski definition) is 1. The van der Waals surface area contributed by atoms with E-state index >= 15 is 0 Å². The number of rotatable bonds is 4. The summed E-state index contributed by atoms with van der Waals surface area (Å²) in [4.78, 5) is 37.1. The van der Waals surface area contributed by atoms with Gasteiger partial charge in [-0.15, -0.1) is 0 Å². The summed E-state index contributed by atoms with van der Waals surface area (Å²) in [5.74, 6) is -1.34. The van der Waals surface area contributed by atoms with Gasteiger partial charge in [-0.3, -0.25) is 19.1 Å². The van der Waals surface area contributed by atoms with Gasteiger partial charge in [-0.05, 0) is 120 Å². The van der Waals surface area contributed by atoms with Gasteiger partial charge in [0, 0.05) is 26.2 Å². The average molecular weight is 711 g/mol. The van der Waals surface area contributed by atoms with Crippen LogP contribution < -0.4 is 5.56 Å². The van der Waals surface area contributed by atoms with E-state index < -0.39 is 4.87 Å². The molecule has 0 unspecified atom stereocenters. The number of fused-ring (bicyclic) bond motifs is 2. The topological polar surface area (TPSA) is 87.8 Å². The Labute approximate surface area is 299 Å². The molecule has 0 spiro atoms. The molecule has 0 bridgehead atoms. The first-order valence-electron chi connectivity index (χ1n) is 17.1. The maximum Gasteiger partial charge on any atom is 0.278 e. The second-order valence-electron chi connectivity index (χ2n) is 13.3. The molecule has 4 aromatic carbocycles. The highest BCUT2D eigenvalue weighted by Crippen LogP contribution is 2.43. The molecule has 1 N–H and O–H groups in total. The molecule has 3 aliphatic rings. The highest BCUT2D eigenvalue weighted by molar-refractivity contribution is 6.47. The summed E-state index contributed by atoms with van der Waals surface area (Å²) in [6.07, 6.45) is 3.61. The summed E-state index contributed by atoms with van der Waals surface area (Å²) < 4.78 is 29.7. The quantitative estimate of drug-likeness (QED) is 0.154. The molecule has 1 aromatic heterocycles. The van der Waals surface area contributed by atoms with E-state index in [1.807, 2.05) is 44.2 Å². The van der Waals surface area contributed by atoms with E-state index in [2.05, 4.69) is 0 Å². The first kappa shape index (κ1) is 34.2. The molecule has 0 aliphatic carbocycles. The van der Waals surface area contributed by atoms with Crippen LogP contribution in [-0.4, -0.2) is 49.4 Å². The van der Waals surface area contributed by atoms with Gasteiger partial charge in [-0.1, -0.05) is 60.1 Å². The lowest BCUT2D eigenvalue weighted by Crippen LogP contribution is -2.45. The lowest BCUT2D eigenvalue weighted by molar-refractivity contribution is -0.150. The van der Waals surface area contributed by atoms with E-state index in [4.69, 9.17) is 11.6 Å². The van der Waals surface area contributed by atoms with Crippen molar-refractivity contribution in [3.63, 3.8) is 0 Å².